The third kappa shape index (κ3) is 3.58. The number of nitrogens with one attached hydrogen (secondary N) is 1. The van der Waals surface area contributed by atoms with E-state index in [-0.39, 0.29) is 0 Å². The predicted octanol–water partition coefficient (Wildman–Crippen LogP) is 4.84. The average Bonchev–Trinajstić information content (AvgIpc) is 3.27. The van der Waals surface area contributed by atoms with Gasteiger partial charge in [0.25, 0.3) is 0 Å². The quantitative estimate of drug-likeness (QED) is 0.475. The number of rotatable bonds is 6. The molecule has 1 N–H and O–H groups in total. The van der Waals surface area contributed by atoms with E-state index in [1.165, 1.54) is 23.1 Å². The molecule has 4 rings (SSSR count). The minimum atomic E-state index is 0.611. The average molecular weight is 388 g/mol. The fourth-order valence-electron chi connectivity index (χ4n) is 2.20. The molecular formula is C16H13N5OS3. The number of aromatic nitrogens is 4. The van der Waals surface area contributed by atoms with Crippen molar-refractivity contribution in [3.8, 4) is 5.75 Å². The monoisotopic (exact) mass is 387 g/mol. The molecule has 3 heterocycles. The summed E-state index contributed by atoms with van der Waals surface area (Å²) in [5, 5.41) is 16.4. The fraction of sp³-hybridized carbons (Fsp3) is 0.125. The van der Waals surface area contributed by atoms with Crippen molar-refractivity contribution in [3.63, 3.8) is 0 Å². The van der Waals surface area contributed by atoms with Gasteiger partial charge in [-0.25, -0.2) is 9.97 Å². The van der Waals surface area contributed by atoms with Crippen LogP contribution in [0.5, 0.6) is 5.75 Å². The predicted molar refractivity (Wildman–Crippen MR) is 102 cm³/mol. The van der Waals surface area contributed by atoms with Crippen LogP contribution in [0.2, 0.25) is 0 Å². The van der Waals surface area contributed by atoms with Crippen molar-refractivity contribution in [3.05, 3.63) is 42.0 Å². The largest absolute Gasteiger partial charge is 0.492 e. The maximum absolute atomic E-state index is 5.62. The Morgan fingerprint density at radius 3 is 3.00 bits per heavy atom. The molecule has 0 saturated carbocycles. The van der Waals surface area contributed by atoms with Gasteiger partial charge in [0.1, 0.15) is 21.9 Å². The number of thiophene rings is 1. The molecule has 3 aromatic heterocycles. The summed E-state index contributed by atoms with van der Waals surface area (Å²) in [6.45, 7) is 2.57. The van der Waals surface area contributed by atoms with Crippen molar-refractivity contribution in [1.82, 2.24) is 20.2 Å². The van der Waals surface area contributed by atoms with Crippen molar-refractivity contribution in [2.45, 2.75) is 16.3 Å². The summed E-state index contributed by atoms with van der Waals surface area (Å²) >= 11 is 4.58. The zero-order valence-corrected chi connectivity index (χ0v) is 15.6. The van der Waals surface area contributed by atoms with Crippen LogP contribution in [0.15, 0.2) is 51.4 Å². The topological polar surface area (TPSA) is 72.8 Å². The van der Waals surface area contributed by atoms with Crippen molar-refractivity contribution in [2.75, 3.05) is 11.9 Å². The van der Waals surface area contributed by atoms with Gasteiger partial charge in [0.05, 0.1) is 12.3 Å². The molecule has 25 heavy (non-hydrogen) atoms. The first kappa shape index (κ1) is 16.2. The van der Waals surface area contributed by atoms with Crippen LogP contribution >= 0.6 is 34.4 Å². The number of ether oxygens (including phenoxy) is 1. The lowest BCUT2D eigenvalue weighted by Crippen LogP contribution is -1.97. The number of hydrogen-bond donors (Lipinski definition) is 1. The molecule has 0 saturated heterocycles. The number of anilines is 2. The van der Waals surface area contributed by atoms with E-state index in [4.69, 9.17) is 4.74 Å². The maximum atomic E-state index is 5.62. The van der Waals surface area contributed by atoms with Crippen LogP contribution in [0.4, 0.5) is 10.8 Å². The number of benzene rings is 1. The Kier molecular flexibility index (Phi) is 4.77. The van der Waals surface area contributed by atoms with Gasteiger partial charge in [0.2, 0.25) is 5.13 Å². The first-order chi connectivity index (χ1) is 12.3. The molecule has 9 heteroatoms. The Labute approximate surface area is 156 Å². The highest BCUT2D eigenvalue weighted by Gasteiger charge is 2.12. The third-order valence-electron chi connectivity index (χ3n) is 3.24. The molecule has 0 unspecified atom stereocenters. The smallest absolute Gasteiger partial charge is 0.211 e. The highest BCUT2D eigenvalue weighted by atomic mass is 32.2. The van der Waals surface area contributed by atoms with E-state index in [9.17, 15) is 0 Å². The molecule has 1 aromatic carbocycles. The van der Waals surface area contributed by atoms with Gasteiger partial charge in [-0.05, 0) is 42.3 Å². The molecular weight excluding hydrogens is 374 g/mol. The molecule has 6 nitrogen and oxygen atoms in total. The molecule has 0 fully saturated rings. The van der Waals surface area contributed by atoms with Gasteiger partial charge < -0.3 is 10.1 Å². The Bertz CT molecular complexity index is 1000. The Morgan fingerprint density at radius 1 is 1.16 bits per heavy atom. The minimum absolute atomic E-state index is 0.611. The highest BCUT2D eigenvalue weighted by Crippen LogP contribution is 2.36. The zero-order chi connectivity index (χ0) is 17.1. The van der Waals surface area contributed by atoms with Gasteiger partial charge in [0, 0.05) is 5.39 Å². The van der Waals surface area contributed by atoms with Crippen molar-refractivity contribution in [2.24, 2.45) is 0 Å². The molecule has 0 spiro atoms. The van der Waals surface area contributed by atoms with Crippen molar-refractivity contribution >= 4 is 55.5 Å². The standard InChI is InChI=1S/C16H13N5OS3/c1-2-22-12-6-4-3-5-11(12)19-15-20-21-16(25-15)24-14-10-7-8-23-13(10)17-9-18-14/h3-9H,2H2,1H3,(H,19,20). The summed E-state index contributed by atoms with van der Waals surface area (Å²) in [4.78, 5) is 9.61. The summed E-state index contributed by atoms with van der Waals surface area (Å²) in [7, 11) is 0. The summed E-state index contributed by atoms with van der Waals surface area (Å²) in [6.07, 6.45) is 1.58. The third-order valence-corrected chi connectivity index (χ3v) is 5.97. The SMILES string of the molecule is CCOc1ccccc1Nc1nnc(Sc2ncnc3sccc23)s1. The van der Waals surface area contributed by atoms with E-state index in [2.05, 4.69) is 25.5 Å². The first-order valence-electron chi connectivity index (χ1n) is 7.52. The molecule has 0 aliphatic rings. The second-order valence-corrected chi connectivity index (χ2v) is 7.96. The van der Waals surface area contributed by atoms with Crippen LogP contribution in [0.1, 0.15) is 6.92 Å². The van der Waals surface area contributed by atoms with Gasteiger partial charge in [-0.15, -0.1) is 21.5 Å². The van der Waals surface area contributed by atoms with Gasteiger partial charge in [-0.1, -0.05) is 23.5 Å². The maximum Gasteiger partial charge on any atom is 0.211 e. The molecule has 4 aromatic rings. The van der Waals surface area contributed by atoms with Crippen LogP contribution in [0, 0.1) is 0 Å². The minimum Gasteiger partial charge on any atom is -0.492 e. The normalized spacial score (nSPS) is 10.9. The molecule has 0 aliphatic carbocycles. The molecule has 0 aliphatic heterocycles. The molecule has 0 atom stereocenters. The van der Waals surface area contributed by atoms with Crippen LogP contribution in [-0.2, 0) is 0 Å². The van der Waals surface area contributed by atoms with Gasteiger partial charge >= 0.3 is 0 Å². The number of nitrogens with zero attached hydrogens (tertiary/aromatic N) is 4. The first-order valence-corrected chi connectivity index (χ1v) is 10.0. The van der Waals surface area contributed by atoms with E-state index < -0.39 is 0 Å². The van der Waals surface area contributed by atoms with Crippen LogP contribution in [0.25, 0.3) is 10.2 Å². The van der Waals surface area contributed by atoms with E-state index in [0.29, 0.717) is 11.7 Å². The van der Waals surface area contributed by atoms with Crippen molar-refractivity contribution < 1.29 is 4.74 Å². The summed E-state index contributed by atoms with van der Waals surface area (Å²) < 4.78 is 6.45. The van der Waals surface area contributed by atoms with Crippen LogP contribution < -0.4 is 10.1 Å². The van der Waals surface area contributed by atoms with E-state index >= 15 is 0 Å². The lowest BCUT2D eigenvalue weighted by atomic mass is 10.3. The molecule has 126 valence electrons. The Balaban J connectivity index is 1.54. The second-order valence-electron chi connectivity index (χ2n) is 4.85. The van der Waals surface area contributed by atoms with E-state index in [1.54, 1.807) is 17.7 Å². The van der Waals surface area contributed by atoms with Crippen LogP contribution in [0.3, 0.4) is 0 Å². The van der Waals surface area contributed by atoms with E-state index in [0.717, 1.165) is 31.0 Å². The summed E-state index contributed by atoms with van der Waals surface area (Å²) in [5.41, 5.74) is 0.874. The molecule has 0 amide bonds. The van der Waals surface area contributed by atoms with E-state index in [1.807, 2.05) is 42.6 Å². The number of hydrogen-bond acceptors (Lipinski definition) is 9. The zero-order valence-electron chi connectivity index (χ0n) is 13.2. The highest BCUT2D eigenvalue weighted by molar-refractivity contribution is 8.01. The van der Waals surface area contributed by atoms with Crippen LogP contribution in [-0.4, -0.2) is 26.8 Å². The Hall–Kier alpha value is -2.23. The van der Waals surface area contributed by atoms with Gasteiger partial charge in [0.15, 0.2) is 4.34 Å². The number of para-hydroxylation sites is 2. The van der Waals surface area contributed by atoms with Gasteiger partial charge in [-0.3, -0.25) is 0 Å². The van der Waals surface area contributed by atoms with Gasteiger partial charge in [-0.2, -0.15) is 0 Å². The molecule has 0 bridgehead atoms. The molecule has 0 radical (unpaired) electrons. The summed E-state index contributed by atoms with van der Waals surface area (Å²) in [5.74, 6) is 0.796. The lowest BCUT2D eigenvalue weighted by Gasteiger charge is -2.09. The fourth-order valence-corrected chi connectivity index (χ4v) is 4.75. The Morgan fingerprint density at radius 2 is 2.08 bits per heavy atom. The second kappa shape index (κ2) is 7.34. The summed E-state index contributed by atoms with van der Waals surface area (Å²) in [6, 6.07) is 9.81. The number of fused-ring (bicyclic) bond motifs is 1. The lowest BCUT2D eigenvalue weighted by molar-refractivity contribution is 0.342. The van der Waals surface area contributed by atoms with Crippen molar-refractivity contribution in [1.29, 1.82) is 0 Å².